The maximum atomic E-state index is 13.6. The third-order valence-electron chi connectivity index (χ3n) is 5.97. The van der Waals surface area contributed by atoms with Crippen LogP contribution in [0.1, 0.15) is 35.6 Å². The average Bonchev–Trinajstić information content (AvgIpc) is 3.45. The van der Waals surface area contributed by atoms with Crippen LogP contribution in [0.25, 0.3) is 0 Å². The molecule has 0 saturated heterocycles. The van der Waals surface area contributed by atoms with Crippen molar-refractivity contribution in [3.05, 3.63) is 100 Å². The Morgan fingerprint density at radius 1 is 1.08 bits per heavy atom. The number of carbonyl (C=O) groups is 2. The normalized spacial score (nSPS) is 19.3. The number of amidine groups is 1. The first kappa shape index (κ1) is 24.2. The number of aliphatic imine (C=N–C) groups is 1. The van der Waals surface area contributed by atoms with Gasteiger partial charge in [-0.2, -0.15) is 10.1 Å². The van der Waals surface area contributed by atoms with Gasteiger partial charge in [0.25, 0.3) is 5.91 Å². The van der Waals surface area contributed by atoms with Gasteiger partial charge in [-0.15, -0.1) is 0 Å². The van der Waals surface area contributed by atoms with Crippen molar-refractivity contribution < 1.29 is 14.0 Å². The number of anilines is 1. The van der Waals surface area contributed by atoms with Crippen LogP contribution in [0.3, 0.4) is 0 Å². The lowest BCUT2D eigenvalue weighted by Gasteiger charge is -2.23. The van der Waals surface area contributed by atoms with Gasteiger partial charge in [0.1, 0.15) is 11.1 Å². The van der Waals surface area contributed by atoms with Gasteiger partial charge in [-0.25, -0.2) is 9.40 Å². The molecular weight excluding hydrogens is 499 g/mol. The minimum absolute atomic E-state index is 0.00676. The van der Waals surface area contributed by atoms with E-state index in [1.165, 1.54) is 23.9 Å². The SMILES string of the molecule is Cc1ccc(NC(=O)CC2SC(N3N=C(c4ccc(Cl)cc4)CC3c3ccc(F)cc3)=NC2=O)cc1. The summed E-state index contributed by atoms with van der Waals surface area (Å²) in [5, 5.41) is 9.72. The van der Waals surface area contributed by atoms with Crippen LogP contribution in [0, 0.1) is 12.7 Å². The number of rotatable bonds is 5. The van der Waals surface area contributed by atoms with Crippen LogP contribution in [-0.4, -0.2) is 33.0 Å². The number of carbonyl (C=O) groups excluding carboxylic acids is 2. The van der Waals surface area contributed by atoms with Crippen LogP contribution in [0.2, 0.25) is 5.02 Å². The summed E-state index contributed by atoms with van der Waals surface area (Å²) in [6.07, 6.45) is 0.535. The van der Waals surface area contributed by atoms with E-state index in [4.69, 9.17) is 16.7 Å². The van der Waals surface area contributed by atoms with Gasteiger partial charge >= 0.3 is 0 Å². The van der Waals surface area contributed by atoms with E-state index in [1.807, 2.05) is 43.3 Å². The Morgan fingerprint density at radius 3 is 2.47 bits per heavy atom. The molecule has 0 aliphatic carbocycles. The zero-order chi connectivity index (χ0) is 25.2. The summed E-state index contributed by atoms with van der Waals surface area (Å²) in [6.45, 7) is 1.97. The lowest BCUT2D eigenvalue weighted by atomic mass is 9.98. The molecule has 3 aromatic rings. The van der Waals surface area contributed by atoms with Crippen LogP contribution in [0.5, 0.6) is 0 Å². The highest BCUT2D eigenvalue weighted by Crippen LogP contribution is 2.38. The summed E-state index contributed by atoms with van der Waals surface area (Å²) in [5.41, 5.74) is 4.32. The van der Waals surface area contributed by atoms with E-state index in [1.54, 1.807) is 29.3 Å². The van der Waals surface area contributed by atoms with E-state index >= 15 is 0 Å². The van der Waals surface area contributed by atoms with Crippen LogP contribution >= 0.6 is 23.4 Å². The van der Waals surface area contributed by atoms with Gasteiger partial charge in [0.2, 0.25) is 5.91 Å². The van der Waals surface area contributed by atoms with E-state index in [0.29, 0.717) is 22.3 Å². The molecule has 0 saturated carbocycles. The van der Waals surface area contributed by atoms with E-state index in [2.05, 4.69) is 10.3 Å². The number of amides is 2. The van der Waals surface area contributed by atoms with Gasteiger partial charge in [0.15, 0.2) is 5.17 Å². The van der Waals surface area contributed by atoms with Gasteiger partial charge in [-0.1, -0.05) is 65.3 Å². The molecule has 2 aliphatic rings. The molecule has 9 heteroatoms. The highest BCUT2D eigenvalue weighted by Gasteiger charge is 2.39. The maximum absolute atomic E-state index is 13.6. The monoisotopic (exact) mass is 520 g/mol. The van der Waals surface area contributed by atoms with Gasteiger partial charge < -0.3 is 5.32 Å². The number of aryl methyl sites for hydroxylation is 1. The van der Waals surface area contributed by atoms with Crippen molar-refractivity contribution in [2.24, 2.45) is 10.1 Å². The number of thioether (sulfide) groups is 1. The number of nitrogens with one attached hydrogen (secondary N) is 1. The Hall–Kier alpha value is -3.49. The lowest BCUT2D eigenvalue weighted by Crippen LogP contribution is -2.25. The first-order valence-electron chi connectivity index (χ1n) is 11.4. The van der Waals surface area contributed by atoms with Gasteiger partial charge in [0.05, 0.1) is 11.8 Å². The summed E-state index contributed by atoms with van der Waals surface area (Å²) in [4.78, 5) is 29.6. The third-order valence-corrected chi connectivity index (χ3v) is 7.37. The predicted molar refractivity (Wildman–Crippen MR) is 142 cm³/mol. The minimum atomic E-state index is -0.644. The molecule has 1 N–H and O–H groups in total. The highest BCUT2D eigenvalue weighted by molar-refractivity contribution is 8.15. The fraction of sp³-hybridized carbons (Fsp3) is 0.185. The summed E-state index contributed by atoms with van der Waals surface area (Å²) in [6, 6.07) is 20.8. The molecule has 0 radical (unpaired) electrons. The summed E-state index contributed by atoms with van der Waals surface area (Å²) >= 11 is 7.27. The van der Waals surface area contributed by atoms with Crippen molar-refractivity contribution >= 4 is 51.7 Å². The van der Waals surface area contributed by atoms with E-state index in [-0.39, 0.29) is 30.1 Å². The molecule has 2 amide bonds. The van der Waals surface area contributed by atoms with Crippen molar-refractivity contribution in [3.63, 3.8) is 0 Å². The highest BCUT2D eigenvalue weighted by atomic mass is 35.5. The maximum Gasteiger partial charge on any atom is 0.262 e. The number of benzene rings is 3. The largest absolute Gasteiger partial charge is 0.326 e. The fourth-order valence-electron chi connectivity index (χ4n) is 4.07. The Labute approximate surface area is 217 Å². The Morgan fingerprint density at radius 2 is 1.78 bits per heavy atom. The third kappa shape index (κ3) is 5.34. The van der Waals surface area contributed by atoms with Crippen LogP contribution < -0.4 is 5.32 Å². The predicted octanol–water partition coefficient (Wildman–Crippen LogP) is 5.97. The fourth-order valence-corrected chi connectivity index (χ4v) is 5.26. The number of nitrogens with zero attached hydrogens (tertiary/aromatic N) is 3. The average molecular weight is 521 g/mol. The molecule has 182 valence electrons. The Balaban J connectivity index is 1.35. The molecule has 2 unspecified atom stereocenters. The van der Waals surface area contributed by atoms with Crippen molar-refractivity contribution in [2.75, 3.05) is 5.32 Å². The molecule has 0 fully saturated rings. The quantitative estimate of drug-likeness (QED) is 0.450. The standard InChI is InChI=1S/C27H22ClFN4O2S/c1-16-2-12-21(13-3-16)30-25(34)15-24-26(35)31-27(36-24)33-23(18-6-10-20(29)11-7-18)14-22(32-33)17-4-8-19(28)9-5-17/h2-13,23-24H,14-15H2,1H3,(H,30,34). The van der Waals surface area contributed by atoms with E-state index in [0.717, 1.165) is 22.4 Å². The van der Waals surface area contributed by atoms with Gasteiger partial charge in [-0.3, -0.25) is 9.59 Å². The first-order chi connectivity index (χ1) is 17.4. The zero-order valence-corrected chi connectivity index (χ0v) is 20.9. The number of halogens is 2. The van der Waals surface area contributed by atoms with Crippen LogP contribution in [0.4, 0.5) is 10.1 Å². The molecular formula is C27H22ClFN4O2S. The summed E-state index contributed by atoms with van der Waals surface area (Å²) in [7, 11) is 0. The number of hydrazone groups is 1. The topological polar surface area (TPSA) is 74.1 Å². The van der Waals surface area contributed by atoms with Crippen molar-refractivity contribution in [3.8, 4) is 0 Å². The molecule has 0 spiro atoms. The van der Waals surface area contributed by atoms with Crippen molar-refractivity contribution in [1.82, 2.24) is 5.01 Å². The Bertz CT molecular complexity index is 1360. The van der Waals surface area contributed by atoms with Gasteiger partial charge in [0, 0.05) is 23.6 Å². The zero-order valence-electron chi connectivity index (χ0n) is 19.3. The molecule has 2 heterocycles. The van der Waals surface area contributed by atoms with E-state index in [9.17, 15) is 14.0 Å². The van der Waals surface area contributed by atoms with E-state index < -0.39 is 5.25 Å². The molecule has 3 aromatic carbocycles. The molecule has 0 bridgehead atoms. The Kier molecular flexibility index (Phi) is 6.89. The molecule has 6 nitrogen and oxygen atoms in total. The number of hydrogen-bond acceptors (Lipinski definition) is 5. The van der Waals surface area contributed by atoms with Crippen LogP contribution in [0.15, 0.2) is 82.9 Å². The molecule has 36 heavy (non-hydrogen) atoms. The minimum Gasteiger partial charge on any atom is -0.326 e. The lowest BCUT2D eigenvalue weighted by molar-refractivity contribution is -0.121. The molecule has 2 aliphatic heterocycles. The van der Waals surface area contributed by atoms with Crippen LogP contribution in [-0.2, 0) is 9.59 Å². The molecule has 0 aromatic heterocycles. The van der Waals surface area contributed by atoms with Crippen molar-refractivity contribution in [2.45, 2.75) is 31.1 Å². The van der Waals surface area contributed by atoms with Crippen molar-refractivity contribution in [1.29, 1.82) is 0 Å². The van der Waals surface area contributed by atoms with Gasteiger partial charge in [-0.05, 0) is 54.4 Å². The summed E-state index contributed by atoms with van der Waals surface area (Å²) < 4.78 is 13.6. The molecule has 5 rings (SSSR count). The second kappa shape index (κ2) is 10.2. The summed E-state index contributed by atoms with van der Waals surface area (Å²) in [5.74, 6) is -0.963. The second-order valence-corrected chi connectivity index (χ2v) is 10.2. The second-order valence-electron chi connectivity index (χ2n) is 8.63. The first-order valence-corrected chi connectivity index (χ1v) is 12.7. The number of hydrogen-bond donors (Lipinski definition) is 1. The smallest absolute Gasteiger partial charge is 0.262 e. The molecule has 2 atom stereocenters.